The van der Waals surface area contributed by atoms with E-state index in [1.165, 1.54) is 12.1 Å². The number of nitrogens with one attached hydrogen (secondary N) is 1. The van der Waals surface area contributed by atoms with Crippen LogP contribution in [0.2, 0.25) is 0 Å². The highest BCUT2D eigenvalue weighted by molar-refractivity contribution is 5.96. The lowest BCUT2D eigenvalue weighted by Crippen LogP contribution is -2.22. The maximum Gasteiger partial charge on any atom is 0.163 e. The molecule has 0 unspecified atom stereocenters. The van der Waals surface area contributed by atoms with Crippen LogP contribution in [-0.2, 0) is 6.54 Å². The normalized spacial score (nSPS) is 11.3. The van der Waals surface area contributed by atoms with Crippen LogP contribution >= 0.6 is 0 Å². The number of fused-ring (bicyclic) bond motifs is 1. The first kappa shape index (κ1) is 21.8. The molecule has 0 atom stereocenters. The monoisotopic (exact) mass is 433 g/mol. The molecule has 0 aliphatic heterocycles. The lowest BCUT2D eigenvalue weighted by Gasteiger charge is -2.21. The molecule has 2 aromatic heterocycles. The predicted octanol–water partition coefficient (Wildman–Crippen LogP) is 5.52. The molecule has 1 N–H and O–H groups in total. The molecule has 0 saturated heterocycles. The van der Waals surface area contributed by atoms with Gasteiger partial charge >= 0.3 is 0 Å². The fraction of sp³-hybridized carbons (Fsp3) is 0.240. The summed E-state index contributed by atoms with van der Waals surface area (Å²) in [5, 5.41) is 3.93. The summed E-state index contributed by atoms with van der Waals surface area (Å²) >= 11 is 0. The molecule has 4 aromatic rings. The van der Waals surface area contributed by atoms with Gasteiger partial charge in [0.15, 0.2) is 5.82 Å². The van der Waals surface area contributed by atoms with Crippen molar-refractivity contribution in [3.05, 3.63) is 72.1 Å². The molecule has 0 spiro atoms. The highest BCUT2D eigenvalue weighted by Crippen LogP contribution is 2.34. The summed E-state index contributed by atoms with van der Waals surface area (Å²) in [4.78, 5) is 16.0. The number of anilines is 1. The van der Waals surface area contributed by atoms with Crippen LogP contribution in [0.5, 0.6) is 0 Å². The molecule has 0 radical (unpaired) electrons. The second-order valence-corrected chi connectivity index (χ2v) is 7.50. The number of halogens is 2. The van der Waals surface area contributed by atoms with Crippen LogP contribution in [0.25, 0.3) is 33.4 Å². The maximum atomic E-state index is 14.6. The van der Waals surface area contributed by atoms with Gasteiger partial charge < -0.3 is 5.32 Å². The van der Waals surface area contributed by atoms with Crippen molar-refractivity contribution in [2.75, 3.05) is 25.5 Å². The Bertz CT molecular complexity index is 1240. The van der Waals surface area contributed by atoms with E-state index in [1.807, 2.05) is 24.3 Å². The lowest BCUT2D eigenvalue weighted by atomic mass is 9.98. The van der Waals surface area contributed by atoms with Crippen molar-refractivity contribution in [1.29, 1.82) is 0 Å². The van der Waals surface area contributed by atoms with Gasteiger partial charge in [0.1, 0.15) is 17.5 Å². The summed E-state index contributed by atoms with van der Waals surface area (Å²) in [6, 6.07) is 11.2. The van der Waals surface area contributed by atoms with E-state index in [-0.39, 0.29) is 0 Å². The molecule has 0 saturated carbocycles. The van der Waals surface area contributed by atoms with E-state index < -0.39 is 11.6 Å². The van der Waals surface area contributed by atoms with Gasteiger partial charge in [0.05, 0.1) is 5.52 Å². The van der Waals surface area contributed by atoms with E-state index in [2.05, 4.69) is 29.0 Å². The third kappa shape index (κ3) is 4.29. The Kier molecular flexibility index (Phi) is 6.37. The van der Waals surface area contributed by atoms with Crippen LogP contribution in [0.3, 0.4) is 0 Å². The van der Waals surface area contributed by atoms with Crippen LogP contribution < -0.4 is 5.32 Å². The number of hydrogen-bond acceptors (Lipinski definition) is 5. The summed E-state index contributed by atoms with van der Waals surface area (Å²) in [7, 11) is 1.80. The molecule has 5 nitrogen and oxygen atoms in total. The molecule has 2 heterocycles. The summed E-state index contributed by atoms with van der Waals surface area (Å²) in [6.45, 7) is 6.58. The van der Waals surface area contributed by atoms with Gasteiger partial charge in [0, 0.05) is 48.6 Å². The third-order valence-electron chi connectivity index (χ3n) is 5.57. The second kappa shape index (κ2) is 9.36. The van der Waals surface area contributed by atoms with Crippen LogP contribution in [0.4, 0.5) is 14.6 Å². The van der Waals surface area contributed by atoms with Crippen LogP contribution in [0.15, 0.2) is 54.9 Å². The number of hydrogen-bond donors (Lipinski definition) is 1. The van der Waals surface area contributed by atoms with Gasteiger partial charge in [-0.15, -0.1) is 0 Å². The van der Waals surface area contributed by atoms with Gasteiger partial charge in [0.2, 0.25) is 0 Å². The minimum atomic E-state index is -0.601. The molecule has 0 bridgehead atoms. The summed E-state index contributed by atoms with van der Waals surface area (Å²) in [5.41, 5.74) is 3.56. The fourth-order valence-corrected chi connectivity index (χ4v) is 3.81. The van der Waals surface area contributed by atoms with Crippen molar-refractivity contribution in [3.8, 4) is 22.5 Å². The third-order valence-corrected chi connectivity index (χ3v) is 5.57. The quantitative estimate of drug-likeness (QED) is 0.416. The topological polar surface area (TPSA) is 53.9 Å². The van der Waals surface area contributed by atoms with Gasteiger partial charge in [-0.05, 0) is 60.6 Å². The molecule has 164 valence electrons. The minimum absolute atomic E-state index is 0.340. The molecular formula is C25H25F2N5. The summed E-state index contributed by atoms with van der Waals surface area (Å²) in [5.74, 6) is 0.00304. The van der Waals surface area contributed by atoms with Gasteiger partial charge in [-0.1, -0.05) is 13.8 Å². The molecule has 2 aromatic carbocycles. The van der Waals surface area contributed by atoms with Crippen molar-refractivity contribution < 1.29 is 8.78 Å². The largest absolute Gasteiger partial charge is 0.373 e. The first-order valence-corrected chi connectivity index (χ1v) is 10.6. The Morgan fingerprint density at radius 2 is 1.78 bits per heavy atom. The van der Waals surface area contributed by atoms with E-state index >= 15 is 0 Å². The molecule has 7 heteroatoms. The Hall–Kier alpha value is -3.45. The average Bonchev–Trinajstić information content (AvgIpc) is 2.82. The maximum absolute atomic E-state index is 14.6. The number of benzene rings is 2. The van der Waals surface area contributed by atoms with Crippen LogP contribution in [-0.4, -0.2) is 40.0 Å². The first-order valence-electron chi connectivity index (χ1n) is 10.6. The van der Waals surface area contributed by atoms with Crippen molar-refractivity contribution in [3.63, 3.8) is 0 Å². The standard InChI is InChI=1S/C25H25F2N5/c1-4-32(5-2)15-18-11-17(20-9-8-19(26)13-22(20)27)12-21-23(18)30-24(31-25(21)28-3)16-7-6-10-29-14-16/h6-14H,4-5,15H2,1-3H3,(H,28,30,31). The predicted molar refractivity (Wildman–Crippen MR) is 124 cm³/mol. The SMILES string of the molecule is CCN(CC)Cc1cc(-c2ccc(F)cc2F)cc2c(NC)nc(-c3cccnc3)nc12. The molecule has 0 aliphatic rings. The van der Waals surface area contributed by atoms with Crippen molar-refractivity contribution >= 4 is 16.7 Å². The second-order valence-electron chi connectivity index (χ2n) is 7.50. The van der Waals surface area contributed by atoms with Gasteiger partial charge in [0.25, 0.3) is 0 Å². The van der Waals surface area contributed by atoms with Crippen LogP contribution in [0.1, 0.15) is 19.4 Å². The molecule has 0 aliphatic carbocycles. The molecule has 0 amide bonds. The van der Waals surface area contributed by atoms with Crippen LogP contribution in [0, 0.1) is 11.6 Å². The molecule has 32 heavy (non-hydrogen) atoms. The molecule has 0 fully saturated rings. The Morgan fingerprint density at radius 1 is 0.969 bits per heavy atom. The van der Waals surface area contributed by atoms with E-state index in [0.717, 1.165) is 41.2 Å². The first-order chi connectivity index (χ1) is 15.5. The zero-order chi connectivity index (χ0) is 22.7. The van der Waals surface area contributed by atoms with Gasteiger partial charge in [-0.3, -0.25) is 9.88 Å². The molecule has 4 rings (SSSR count). The lowest BCUT2D eigenvalue weighted by molar-refractivity contribution is 0.297. The van der Waals surface area contributed by atoms with E-state index in [0.29, 0.717) is 29.3 Å². The van der Waals surface area contributed by atoms with Crippen molar-refractivity contribution in [1.82, 2.24) is 19.9 Å². The van der Waals surface area contributed by atoms with Crippen molar-refractivity contribution in [2.45, 2.75) is 20.4 Å². The smallest absolute Gasteiger partial charge is 0.163 e. The van der Waals surface area contributed by atoms with E-state index in [1.54, 1.807) is 19.4 Å². The average molecular weight is 434 g/mol. The zero-order valence-corrected chi connectivity index (χ0v) is 18.4. The number of pyridine rings is 1. The zero-order valence-electron chi connectivity index (χ0n) is 18.4. The van der Waals surface area contributed by atoms with E-state index in [9.17, 15) is 8.78 Å². The van der Waals surface area contributed by atoms with E-state index in [4.69, 9.17) is 9.97 Å². The van der Waals surface area contributed by atoms with Crippen molar-refractivity contribution in [2.24, 2.45) is 0 Å². The number of rotatable bonds is 7. The van der Waals surface area contributed by atoms with Gasteiger partial charge in [-0.2, -0.15) is 0 Å². The number of aromatic nitrogens is 3. The highest BCUT2D eigenvalue weighted by atomic mass is 19.1. The summed E-state index contributed by atoms with van der Waals surface area (Å²) < 4.78 is 28.1. The Labute approximate surface area is 186 Å². The summed E-state index contributed by atoms with van der Waals surface area (Å²) in [6.07, 6.45) is 3.44. The van der Waals surface area contributed by atoms with Gasteiger partial charge in [-0.25, -0.2) is 18.7 Å². The Balaban J connectivity index is 1.98. The molecular weight excluding hydrogens is 408 g/mol. The number of nitrogens with zero attached hydrogens (tertiary/aromatic N) is 4. The Morgan fingerprint density at radius 3 is 2.44 bits per heavy atom. The highest BCUT2D eigenvalue weighted by Gasteiger charge is 2.17. The fourth-order valence-electron chi connectivity index (χ4n) is 3.81. The minimum Gasteiger partial charge on any atom is -0.373 e.